The van der Waals surface area contributed by atoms with Gasteiger partial charge in [0.15, 0.2) is 5.16 Å². The first-order valence-corrected chi connectivity index (χ1v) is 4.81. The van der Waals surface area contributed by atoms with Crippen LogP contribution in [0.3, 0.4) is 0 Å². The minimum absolute atomic E-state index is 0.141. The maximum absolute atomic E-state index is 10.2. The first-order chi connectivity index (χ1) is 6.18. The molecule has 0 fully saturated rings. The molecule has 0 spiro atoms. The number of hydrogen-bond donors (Lipinski definition) is 1. The Morgan fingerprint density at radius 2 is 2.46 bits per heavy atom. The second-order valence-corrected chi connectivity index (χ2v) is 3.53. The number of nitrogens with zero attached hydrogens (tertiary/aromatic N) is 2. The predicted octanol–water partition coefficient (Wildman–Crippen LogP) is 1.35. The number of hydrogen-bond acceptors (Lipinski definition) is 4. The Labute approximate surface area is 80.4 Å². The van der Waals surface area contributed by atoms with Gasteiger partial charge in [0.25, 0.3) is 0 Å². The van der Waals surface area contributed by atoms with Gasteiger partial charge in [-0.2, -0.15) is 0 Å². The molecule has 0 bridgehead atoms. The molecule has 0 aromatic carbocycles. The van der Waals surface area contributed by atoms with Crippen molar-refractivity contribution in [2.75, 3.05) is 5.75 Å². The van der Waals surface area contributed by atoms with E-state index >= 15 is 0 Å². The number of rotatable bonds is 4. The highest BCUT2D eigenvalue weighted by Crippen LogP contribution is 2.12. The summed E-state index contributed by atoms with van der Waals surface area (Å²) in [4.78, 5) is 18.3. The molecule has 70 valence electrons. The Morgan fingerprint density at radius 3 is 3.08 bits per heavy atom. The average molecular weight is 198 g/mol. The van der Waals surface area contributed by atoms with E-state index in [4.69, 9.17) is 5.11 Å². The molecule has 0 amide bonds. The van der Waals surface area contributed by atoms with Crippen molar-refractivity contribution in [1.82, 2.24) is 9.97 Å². The number of aryl methyl sites for hydroxylation is 1. The Balaban J connectivity index is 2.41. The lowest BCUT2D eigenvalue weighted by Gasteiger charge is -1.97. The summed E-state index contributed by atoms with van der Waals surface area (Å²) in [6.07, 6.45) is 1.81. The highest BCUT2D eigenvalue weighted by molar-refractivity contribution is 7.99. The number of aliphatic carboxylic acids is 1. The third-order valence-corrected chi connectivity index (χ3v) is 2.18. The van der Waals surface area contributed by atoms with Crippen LogP contribution in [0.5, 0.6) is 0 Å². The minimum Gasteiger partial charge on any atom is -0.481 e. The molecule has 1 aromatic rings. The van der Waals surface area contributed by atoms with Gasteiger partial charge in [0.2, 0.25) is 0 Å². The van der Waals surface area contributed by atoms with Crippen molar-refractivity contribution >= 4 is 17.7 Å². The Hall–Kier alpha value is -1.10. The van der Waals surface area contributed by atoms with Gasteiger partial charge >= 0.3 is 5.97 Å². The highest BCUT2D eigenvalue weighted by atomic mass is 32.2. The molecule has 1 heterocycles. The Morgan fingerprint density at radius 1 is 1.69 bits per heavy atom. The number of carbonyl (C=O) groups is 1. The van der Waals surface area contributed by atoms with E-state index in [2.05, 4.69) is 9.97 Å². The number of thioether (sulfide) groups is 1. The van der Waals surface area contributed by atoms with Gasteiger partial charge in [-0.3, -0.25) is 4.79 Å². The zero-order valence-electron chi connectivity index (χ0n) is 7.23. The fraction of sp³-hybridized carbons (Fsp3) is 0.375. The van der Waals surface area contributed by atoms with E-state index in [1.54, 1.807) is 12.3 Å². The van der Waals surface area contributed by atoms with E-state index in [1.807, 2.05) is 6.92 Å². The van der Waals surface area contributed by atoms with Crippen molar-refractivity contribution in [3.05, 3.63) is 18.0 Å². The van der Waals surface area contributed by atoms with E-state index in [0.717, 1.165) is 5.69 Å². The summed E-state index contributed by atoms with van der Waals surface area (Å²) in [5.41, 5.74) is 0.896. The van der Waals surface area contributed by atoms with Gasteiger partial charge in [-0.05, 0) is 13.0 Å². The smallest absolute Gasteiger partial charge is 0.304 e. The van der Waals surface area contributed by atoms with Crippen LogP contribution < -0.4 is 0 Å². The molecule has 0 aliphatic carbocycles. The molecule has 0 unspecified atom stereocenters. The van der Waals surface area contributed by atoms with E-state index in [1.165, 1.54) is 11.8 Å². The molecular weight excluding hydrogens is 188 g/mol. The van der Waals surface area contributed by atoms with Gasteiger partial charge in [0, 0.05) is 17.6 Å². The minimum atomic E-state index is -0.792. The lowest BCUT2D eigenvalue weighted by Crippen LogP contribution is -1.97. The number of aromatic nitrogens is 2. The zero-order chi connectivity index (χ0) is 9.68. The third kappa shape index (κ3) is 3.89. The largest absolute Gasteiger partial charge is 0.481 e. The summed E-state index contributed by atoms with van der Waals surface area (Å²) in [5.74, 6) is -0.279. The zero-order valence-corrected chi connectivity index (χ0v) is 8.04. The van der Waals surface area contributed by atoms with E-state index in [9.17, 15) is 4.79 Å². The van der Waals surface area contributed by atoms with Crippen molar-refractivity contribution in [2.45, 2.75) is 18.5 Å². The van der Waals surface area contributed by atoms with Crippen molar-refractivity contribution < 1.29 is 9.90 Å². The molecule has 0 aliphatic heterocycles. The summed E-state index contributed by atoms with van der Waals surface area (Å²) in [5, 5.41) is 9.03. The van der Waals surface area contributed by atoms with E-state index < -0.39 is 5.97 Å². The molecule has 13 heavy (non-hydrogen) atoms. The molecule has 0 aliphatic rings. The molecule has 4 nitrogen and oxygen atoms in total. The second-order valence-electron chi connectivity index (χ2n) is 2.47. The van der Waals surface area contributed by atoms with Crippen molar-refractivity contribution in [3.63, 3.8) is 0 Å². The molecule has 1 aromatic heterocycles. The van der Waals surface area contributed by atoms with Gasteiger partial charge in [0.1, 0.15) is 0 Å². The molecule has 5 heteroatoms. The van der Waals surface area contributed by atoms with Crippen LogP contribution in [0.4, 0.5) is 0 Å². The summed E-state index contributed by atoms with van der Waals surface area (Å²) in [7, 11) is 0. The molecule has 0 radical (unpaired) electrons. The van der Waals surface area contributed by atoms with Crippen LogP contribution in [-0.4, -0.2) is 26.8 Å². The van der Waals surface area contributed by atoms with Crippen molar-refractivity contribution in [1.29, 1.82) is 0 Å². The summed E-state index contributed by atoms with van der Waals surface area (Å²) in [6.45, 7) is 1.88. The summed E-state index contributed by atoms with van der Waals surface area (Å²) >= 11 is 1.36. The number of carboxylic acid groups (broad SMARTS) is 1. The van der Waals surface area contributed by atoms with Crippen LogP contribution in [0.15, 0.2) is 17.4 Å². The molecule has 0 saturated heterocycles. The van der Waals surface area contributed by atoms with Crippen LogP contribution in [0.2, 0.25) is 0 Å². The van der Waals surface area contributed by atoms with Crippen LogP contribution in [0.1, 0.15) is 12.1 Å². The van der Waals surface area contributed by atoms with Crippen molar-refractivity contribution in [3.8, 4) is 0 Å². The third-order valence-electron chi connectivity index (χ3n) is 1.32. The standard InChI is InChI=1S/C8H10N2O2S/c1-6-2-4-9-8(10-6)13-5-3-7(11)12/h2,4H,3,5H2,1H3,(H,11,12). The lowest BCUT2D eigenvalue weighted by molar-refractivity contribution is -0.136. The first-order valence-electron chi connectivity index (χ1n) is 3.83. The number of carboxylic acids is 1. The van der Waals surface area contributed by atoms with Gasteiger partial charge in [0.05, 0.1) is 6.42 Å². The van der Waals surface area contributed by atoms with Gasteiger partial charge in [-0.15, -0.1) is 0 Å². The van der Waals surface area contributed by atoms with E-state index in [0.29, 0.717) is 10.9 Å². The van der Waals surface area contributed by atoms with E-state index in [-0.39, 0.29) is 6.42 Å². The second kappa shape index (κ2) is 4.81. The lowest BCUT2D eigenvalue weighted by atomic mass is 10.5. The van der Waals surface area contributed by atoms with Crippen LogP contribution >= 0.6 is 11.8 Å². The quantitative estimate of drug-likeness (QED) is 0.584. The summed E-state index contributed by atoms with van der Waals surface area (Å²) < 4.78 is 0. The Bertz CT molecular complexity index is 304. The van der Waals surface area contributed by atoms with Crippen LogP contribution in [0, 0.1) is 6.92 Å². The summed E-state index contributed by atoms with van der Waals surface area (Å²) in [6, 6.07) is 1.81. The van der Waals surface area contributed by atoms with Crippen molar-refractivity contribution in [2.24, 2.45) is 0 Å². The average Bonchev–Trinajstić information content (AvgIpc) is 2.03. The molecule has 0 atom stereocenters. The monoisotopic (exact) mass is 198 g/mol. The SMILES string of the molecule is Cc1ccnc(SCCC(=O)O)n1. The van der Waals surface area contributed by atoms with Crippen LogP contribution in [-0.2, 0) is 4.79 Å². The molecular formula is C8H10N2O2S. The predicted molar refractivity (Wildman–Crippen MR) is 49.7 cm³/mol. The topological polar surface area (TPSA) is 63.1 Å². The molecule has 1 rings (SSSR count). The first kappa shape index (κ1) is 9.98. The van der Waals surface area contributed by atoms with Crippen LogP contribution in [0.25, 0.3) is 0 Å². The maximum Gasteiger partial charge on any atom is 0.304 e. The highest BCUT2D eigenvalue weighted by Gasteiger charge is 2.00. The normalized spacial score (nSPS) is 9.92. The van der Waals surface area contributed by atoms with Gasteiger partial charge in [-0.1, -0.05) is 11.8 Å². The fourth-order valence-corrected chi connectivity index (χ4v) is 1.53. The molecule has 0 saturated carbocycles. The van der Waals surface area contributed by atoms with Gasteiger partial charge in [-0.25, -0.2) is 9.97 Å². The maximum atomic E-state index is 10.2. The van der Waals surface area contributed by atoms with Gasteiger partial charge < -0.3 is 5.11 Å². The molecule has 1 N–H and O–H groups in total. The Kier molecular flexibility index (Phi) is 3.70. The fourth-order valence-electron chi connectivity index (χ4n) is 0.725.